The number of anilines is 1. The van der Waals surface area contributed by atoms with E-state index in [2.05, 4.69) is 46.6 Å². The maximum Gasteiger partial charge on any atom is 0.156 e. The average Bonchev–Trinajstić information content (AvgIpc) is 2.63. The molecule has 0 spiro atoms. The molecule has 130 valence electrons. The first-order valence-corrected chi connectivity index (χ1v) is 9.48. The number of nitrogens with zero attached hydrogens (tertiary/aromatic N) is 3. The number of hydrogen-bond acceptors (Lipinski definition) is 4. The van der Waals surface area contributed by atoms with Crippen LogP contribution in [0.5, 0.6) is 0 Å². The summed E-state index contributed by atoms with van der Waals surface area (Å²) < 4.78 is 0.605. The van der Waals surface area contributed by atoms with Crippen LogP contribution in [0.15, 0.2) is 40.4 Å². The van der Waals surface area contributed by atoms with E-state index in [9.17, 15) is 0 Å². The average molecular weight is 399 g/mol. The number of nitrogens with two attached hydrogens (primary N) is 1. The number of aryl methyl sites for hydroxylation is 1. The van der Waals surface area contributed by atoms with Gasteiger partial charge in [-0.05, 0) is 53.4 Å². The highest BCUT2D eigenvalue weighted by Crippen LogP contribution is 2.38. The fourth-order valence-electron chi connectivity index (χ4n) is 3.40. The molecule has 3 rings (SSSR count). The fourth-order valence-corrected chi connectivity index (χ4v) is 3.66. The zero-order valence-corrected chi connectivity index (χ0v) is 16.1. The second kappa shape index (κ2) is 7.91. The number of halogens is 1. The molecule has 25 heavy (non-hydrogen) atoms. The minimum Gasteiger partial charge on any atom is -0.381 e. The van der Waals surface area contributed by atoms with Gasteiger partial charge in [0.1, 0.15) is 4.60 Å². The Morgan fingerprint density at radius 1 is 1.24 bits per heavy atom. The molecule has 1 heterocycles. The summed E-state index contributed by atoms with van der Waals surface area (Å²) in [5.41, 5.74) is 11.1. The van der Waals surface area contributed by atoms with E-state index in [0.29, 0.717) is 16.3 Å². The van der Waals surface area contributed by atoms with Gasteiger partial charge in [0.15, 0.2) is 5.82 Å². The Hall–Kier alpha value is -2.01. The molecule has 0 radical (unpaired) electrons. The van der Waals surface area contributed by atoms with Gasteiger partial charge in [-0.1, -0.05) is 38.0 Å². The number of aromatic nitrogens is 2. The monoisotopic (exact) mass is 398 g/mol. The van der Waals surface area contributed by atoms with E-state index in [0.717, 1.165) is 41.0 Å². The normalized spacial score (nSPS) is 15.6. The number of benzene rings is 1. The summed E-state index contributed by atoms with van der Waals surface area (Å²) in [6, 6.07) is 6.19. The van der Waals surface area contributed by atoms with Crippen molar-refractivity contribution >= 4 is 33.6 Å². The van der Waals surface area contributed by atoms with Crippen LogP contribution in [0.4, 0.5) is 11.5 Å². The van der Waals surface area contributed by atoms with Crippen LogP contribution in [0.3, 0.4) is 0 Å². The van der Waals surface area contributed by atoms with E-state index in [4.69, 9.17) is 15.7 Å². The highest BCUT2D eigenvalue weighted by Gasteiger charge is 2.23. The number of nitrogen functional groups attached to an aromatic ring is 1. The fraction of sp³-hybridized carbons (Fsp3) is 0.350. The van der Waals surface area contributed by atoms with E-state index in [1.807, 2.05) is 6.07 Å². The summed E-state index contributed by atoms with van der Waals surface area (Å²) in [6.45, 7) is 5.72. The van der Waals surface area contributed by atoms with E-state index in [1.165, 1.54) is 19.3 Å². The molecule has 2 N–H and O–H groups in total. The van der Waals surface area contributed by atoms with Gasteiger partial charge in [-0.3, -0.25) is 4.99 Å². The summed E-state index contributed by atoms with van der Waals surface area (Å²) in [5, 5.41) is 0. The Bertz CT molecular complexity index is 808. The van der Waals surface area contributed by atoms with Crippen molar-refractivity contribution in [2.45, 2.75) is 44.9 Å². The summed E-state index contributed by atoms with van der Waals surface area (Å²) in [7, 11) is 0. The van der Waals surface area contributed by atoms with Crippen LogP contribution in [0.2, 0.25) is 0 Å². The highest BCUT2D eigenvalue weighted by atomic mass is 79.9. The molecule has 0 amide bonds. The van der Waals surface area contributed by atoms with Crippen LogP contribution in [-0.4, -0.2) is 16.2 Å². The van der Waals surface area contributed by atoms with Gasteiger partial charge >= 0.3 is 0 Å². The third-order valence-electron chi connectivity index (χ3n) is 4.69. The van der Waals surface area contributed by atoms with E-state index >= 15 is 0 Å². The zero-order chi connectivity index (χ0) is 17.8. The Kier molecular flexibility index (Phi) is 5.63. The summed E-state index contributed by atoms with van der Waals surface area (Å²) in [4.78, 5) is 13.8. The van der Waals surface area contributed by atoms with Crippen LogP contribution in [-0.2, 0) is 0 Å². The largest absolute Gasteiger partial charge is 0.381 e. The number of hydrogen-bond donors (Lipinski definition) is 1. The minimum absolute atomic E-state index is 0.436. The van der Waals surface area contributed by atoms with Crippen LogP contribution < -0.4 is 5.73 Å². The third kappa shape index (κ3) is 3.98. The second-order valence-electron chi connectivity index (χ2n) is 6.48. The summed E-state index contributed by atoms with van der Waals surface area (Å²) in [6.07, 6.45) is 9.49. The molecule has 0 aliphatic heterocycles. The van der Waals surface area contributed by atoms with E-state index < -0.39 is 0 Å². The Morgan fingerprint density at radius 2 is 2.00 bits per heavy atom. The van der Waals surface area contributed by atoms with Crippen molar-refractivity contribution in [2.75, 3.05) is 5.73 Å². The topological polar surface area (TPSA) is 64.2 Å². The highest BCUT2D eigenvalue weighted by molar-refractivity contribution is 9.10. The SMILES string of the molecule is C=CC=Nc1ccc(-c2nc(Br)c(N)nc2C2CCCCC2)cc1C. The van der Waals surface area contributed by atoms with Gasteiger partial charge in [0, 0.05) is 17.7 Å². The molecule has 0 bridgehead atoms. The predicted molar refractivity (Wildman–Crippen MR) is 108 cm³/mol. The molecule has 4 nitrogen and oxygen atoms in total. The molecule has 0 unspecified atom stereocenters. The summed E-state index contributed by atoms with van der Waals surface area (Å²) in [5.74, 6) is 0.902. The van der Waals surface area contributed by atoms with Crippen LogP contribution >= 0.6 is 15.9 Å². The predicted octanol–water partition coefficient (Wildman–Crippen LogP) is 5.73. The van der Waals surface area contributed by atoms with Crippen molar-refractivity contribution < 1.29 is 0 Å². The lowest BCUT2D eigenvalue weighted by atomic mass is 9.85. The molecule has 1 aromatic carbocycles. The molecule has 1 aliphatic carbocycles. The van der Waals surface area contributed by atoms with E-state index in [-0.39, 0.29) is 0 Å². The molecule has 5 heteroatoms. The van der Waals surface area contributed by atoms with E-state index in [1.54, 1.807) is 12.3 Å². The Labute approximate surface area is 157 Å². The number of allylic oxidation sites excluding steroid dienone is 1. The lowest BCUT2D eigenvalue weighted by molar-refractivity contribution is 0.437. The molecule has 1 saturated carbocycles. The van der Waals surface area contributed by atoms with Gasteiger partial charge < -0.3 is 5.73 Å². The Balaban J connectivity index is 2.06. The van der Waals surface area contributed by atoms with Crippen molar-refractivity contribution in [3.63, 3.8) is 0 Å². The Morgan fingerprint density at radius 3 is 2.68 bits per heavy atom. The first kappa shape index (κ1) is 17.8. The van der Waals surface area contributed by atoms with Crippen molar-refractivity contribution in [3.8, 4) is 11.3 Å². The van der Waals surface area contributed by atoms with Gasteiger partial charge in [0.05, 0.1) is 17.1 Å². The molecular formula is C20H23BrN4. The molecule has 2 aromatic rings. The molecule has 0 saturated heterocycles. The molecule has 0 atom stereocenters. The quantitative estimate of drug-likeness (QED) is 0.668. The van der Waals surface area contributed by atoms with Crippen molar-refractivity contribution in [3.05, 3.63) is 46.7 Å². The van der Waals surface area contributed by atoms with Crippen molar-refractivity contribution in [1.29, 1.82) is 0 Å². The lowest BCUT2D eigenvalue weighted by Crippen LogP contribution is -2.11. The van der Waals surface area contributed by atoms with Gasteiger partial charge in [0.25, 0.3) is 0 Å². The maximum absolute atomic E-state index is 6.03. The minimum atomic E-state index is 0.436. The van der Waals surface area contributed by atoms with Crippen LogP contribution in [0.1, 0.15) is 49.3 Å². The standard InChI is InChI=1S/C20H23BrN4/c1-3-11-23-16-10-9-15(12-13(16)2)18-17(14-7-5-4-6-8-14)25-20(22)19(21)24-18/h3,9-12,14H,1,4-8H2,2H3,(H2,22,25). The van der Waals surface area contributed by atoms with Gasteiger partial charge in [-0.15, -0.1) is 0 Å². The smallest absolute Gasteiger partial charge is 0.156 e. The van der Waals surface area contributed by atoms with Crippen LogP contribution in [0, 0.1) is 6.92 Å². The molecule has 1 fully saturated rings. The van der Waals surface area contributed by atoms with Crippen LogP contribution in [0.25, 0.3) is 11.3 Å². The molecule has 1 aromatic heterocycles. The first-order chi connectivity index (χ1) is 12.1. The number of rotatable bonds is 4. The maximum atomic E-state index is 6.03. The molecular weight excluding hydrogens is 376 g/mol. The van der Waals surface area contributed by atoms with Gasteiger partial charge in [0.2, 0.25) is 0 Å². The van der Waals surface area contributed by atoms with Gasteiger partial charge in [-0.25, -0.2) is 9.97 Å². The van der Waals surface area contributed by atoms with Crippen molar-refractivity contribution in [1.82, 2.24) is 9.97 Å². The molecule has 1 aliphatic rings. The summed E-state index contributed by atoms with van der Waals surface area (Å²) >= 11 is 3.44. The second-order valence-corrected chi connectivity index (χ2v) is 7.23. The zero-order valence-electron chi connectivity index (χ0n) is 14.5. The third-order valence-corrected chi connectivity index (χ3v) is 5.27. The number of aliphatic imine (C=N–C) groups is 1. The van der Waals surface area contributed by atoms with Gasteiger partial charge in [-0.2, -0.15) is 0 Å². The first-order valence-electron chi connectivity index (χ1n) is 8.69. The van der Waals surface area contributed by atoms with Crippen molar-refractivity contribution in [2.24, 2.45) is 4.99 Å². The lowest BCUT2D eigenvalue weighted by Gasteiger charge is -2.23.